The van der Waals surface area contributed by atoms with Gasteiger partial charge in [-0.3, -0.25) is 0 Å². The summed E-state index contributed by atoms with van der Waals surface area (Å²) in [7, 11) is 4.19. The highest BCUT2D eigenvalue weighted by Gasteiger charge is 2.12. The van der Waals surface area contributed by atoms with Gasteiger partial charge >= 0.3 is 0 Å². The summed E-state index contributed by atoms with van der Waals surface area (Å²) in [5.74, 6) is 1.75. The van der Waals surface area contributed by atoms with Crippen molar-refractivity contribution in [2.24, 2.45) is 0 Å². The quantitative estimate of drug-likeness (QED) is 0.714. The van der Waals surface area contributed by atoms with Gasteiger partial charge in [0, 0.05) is 35.4 Å². The van der Waals surface area contributed by atoms with Gasteiger partial charge in [-0.2, -0.15) is 0 Å². The van der Waals surface area contributed by atoms with Crippen LogP contribution < -0.4 is 0 Å². The third-order valence-electron chi connectivity index (χ3n) is 4.46. The summed E-state index contributed by atoms with van der Waals surface area (Å²) in [5, 5.41) is 0. The molecule has 3 rings (SSSR count). The Hall–Kier alpha value is -2.53. The van der Waals surface area contributed by atoms with Gasteiger partial charge in [0.2, 0.25) is 0 Å². The maximum atomic E-state index is 4.57. The molecule has 3 aromatic rings. The molecule has 0 spiro atoms. The molecule has 130 valence electrons. The molecule has 0 unspecified atom stereocenters. The van der Waals surface area contributed by atoms with Crippen LogP contribution in [0.3, 0.4) is 0 Å². The summed E-state index contributed by atoms with van der Waals surface area (Å²) in [6, 6.07) is 10.9. The van der Waals surface area contributed by atoms with Crippen LogP contribution in [0.5, 0.6) is 0 Å². The Morgan fingerprint density at radius 1 is 1.08 bits per heavy atom. The lowest BCUT2D eigenvalue weighted by molar-refractivity contribution is 0.321. The molecular weight excluding hydrogens is 310 g/mol. The predicted octanol–water partition coefficient (Wildman–Crippen LogP) is 3.63. The Bertz CT molecular complexity index is 846. The molecule has 0 fully saturated rings. The third-order valence-corrected chi connectivity index (χ3v) is 4.46. The SMILES string of the molecule is Cc1cc(C)nc(Cn2ccnc2-c2cccc([C@H](C)N(C)C)c2)n1. The summed E-state index contributed by atoms with van der Waals surface area (Å²) in [6.45, 7) is 6.82. The van der Waals surface area contributed by atoms with Gasteiger partial charge in [0.1, 0.15) is 11.6 Å². The van der Waals surface area contributed by atoms with Crippen LogP contribution in [0.2, 0.25) is 0 Å². The molecule has 2 heterocycles. The van der Waals surface area contributed by atoms with E-state index in [1.807, 2.05) is 32.3 Å². The van der Waals surface area contributed by atoms with E-state index in [1.165, 1.54) is 5.56 Å². The molecule has 5 heteroatoms. The van der Waals surface area contributed by atoms with Gasteiger partial charge in [-0.05, 0) is 52.6 Å². The van der Waals surface area contributed by atoms with Gasteiger partial charge in [0.15, 0.2) is 0 Å². The Kier molecular flexibility index (Phi) is 4.95. The van der Waals surface area contributed by atoms with Crippen LogP contribution in [-0.4, -0.2) is 38.5 Å². The van der Waals surface area contributed by atoms with Gasteiger partial charge in [-0.1, -0.05) is 18.2 Å². The maximum Gasteiger partial charge on any atom is 0.148 e. The molecular formula is C20H25N5. The second-order valence-electron chi connectivity index (χ2n) is 6.71. The normalized spacial score (nSPS) is 12.6. The van der Waals surface area contributed by atoms with Crippen molar-refractivity contribution in [1.82, 2.24) is 24.4 Å². The molecule has 5 nitrogen and oxygen atoms in total. The number of nitrogens with zero attached hydrogens (tertiary/aromatic N) is 5. The Labute approximate surface area is 149 Å². The zero-order valence-corrected chi connectivity index (χ0v) is 15.6. The average molecular weight is 335 g/mol. The van der Waals surface area contributed by atoms with E-state index in [9.17, 15) is 0 Å². The van der Waals surface area contributed by atoms with Crippen molar-refractivity contribution in [3.63, 3.8) is 0 Å². The summed E-state index contributed by atoms with van der Waals surface area (Å²) < 4.78 is 2.10. The molecule has 25 heavy (non-hydrogen) atoms. The summed E-state index contributed by atoms with van der Waals surface area (Å²) in [4.78, 5) is 15.9. The van der Waals surface area contributed by atoms with E-state index in [2.05, 4.69) is 69.7 Å². The summed E-state index contributed by atoms with van der Waals surface area (Å²) in [5.41, 5.74) is 4.37. The Morgan fingerprint density at radius 2 is 1.80 bits per heavy atom. The van der Waals surface area contributed by atoms with Crippen LogP contribution in [0.4, 0.5) is 0 Å². The van der Waals surface area contributed by atoms with E-state index >= 15 is 0 Å². The molecule has 0 radical (unpaired) electrons. The van der Waals surface area contributed by atoms with Crippen molar-refractivity contribution >= 4 is 0 Å². The molecule has 0 amide bonds. The van der Waals surface area contributed by atoms with Crippen molar-refractivity contribution < 1.29 is 0 Å². The zero-order chi connectivity index (χ0) is 18.0. The molecule has 0 saturated heterocycles. The lowest BCUT2D eigenvalue weighted by Crippen LogP contribution is -2.16. The first-order chi connectivity index (χ1) is 11.9. The smallest absolute Gasteiger partial charge is 0.148 e. The fraction of sp³-hybridized carbons (Fsp3) is 0.350. The first-order valence-corrected chi connectivity index (χ1v) is 8.53. The van der Waals surface area contributed by atoms with Crippen molar-refractivity contribution in [3.8, 4) is 11.4 Å². The van der Waals surface area contributed by atoms with Crippen LogP contribution in [0.15, 0.2) is 42.7 Å². The Morgan fingerprint density at radius 3 is 2.48 bits per heavy atom. The molecule has 0 N–H and O–H groups in total. The molecule has 0 aliphatic rings. The molecule has 0 aliphatic heterocycles. The van der Waals surface area contributed by atoms with Crippen LogP contribution in [0, 0.1) is 13.8 Å². The second kappa shape index (κ2) is 7.15. The largest absolute Gasteiger partial charge is 0.323 e. The highest BCUT2D eigenvalue weighted by molar-refractivity contribution is 5.57. The Balaban J connectivity index is 1.93. The van der Waals surface area contributed by atoms with Gasteiger partial charge in [0.25, 0.3) is 0 Å². The molecule has 0 aliphatic carbocycles. The molecule has 1 atom stereocenters. The maximum absolute atomic E-state index is 4.57. The van der Waals surface area contributed by atoms with Gasteiger partial charge in [-0.15, -0.1) is 0 Å². The highest BCUT2D eigenvalue weighted by atomic mass is 15.1. The van der Waals surface area contributed by atoms with Crippen molar-refractivity contribution in [1.29, 1.82) is 0 Å². The number of rotatable bonds is 5. The van der Waals surface area contributed by atoms with Crippen LogP contribution in [0.1, 0.15) is 35.7 Å². The number of aryl methyl sites for hydroxylation is 2. The number of hydrogen-bond donors (Lipinski definition) is 0. The number of hydrogen-bond acceptors (Lipinski definition) is 4. The predicted molar refractivity (Wildman–Crippen MR) is 100 cm³/mol. The van der Waals surface area contributed by atoms with Crippen LogP contribution >= 0.6 is 0 Å². The summed E-state index contributed by atoms with van der Waals surface area (Å²) in [6.07, 6.45) is 3.82. The minimum atomic E-state index is 0.353. The van der Waals surface area contributed by atoms with Crippen molar-refractivity contribution in [2.75, 3.05) is 14.1 Å². The average Bonchev–Trinajstić information content (AvgIpc) is 3.01. The topological polar surface area (TPSA) is 46.8 Å². The van der Waals surface area contributed by atoms with Crippen LogP contribution in [-0.2, 0) is 6.54 Å². The first-order valence-electron chi connectivity index (χ1n) is 8.53. The zero-order valence-electron chi connectivity index (χ0n) is 15.6. The second-order valence-corrected chi connectivity index (χ2v) is 6.71. The number of aromatic nitrogens is 4. The van der Waals surface area contributed by atoms with Crippen LogP contribution in [0.25, 0.3) is 11.4 Å². The van der Waals surface area contributed by atoms with E-state index in [0.717, 1.165) is 28.6 Å². The third kappa shape index (κ3) is 3.94. The molecule has 2 aromatic heterocycles. The van der Waals surface area contributed by atoms with E-state index in [0.29, 0.717) is 12.6 Å². The monoisotopic (exact) mass is 335 g/mol. The van der Waals surface area contributed by atoms with E-state index in [1.54, 1.807) is 0 Å². The molecule has 0 saturated carbocycles. The number of imidazole rings is 1. The van der Waals surface area contributed by atoms with E-state index in [4.69, 9.17) is 0 Å². The lowest BCUT2D eigenvalue weighted by Gasteiger charge is -2.20. The fourth-order valence-electron chi connectivity index (χ4n) is 2.95. The van der Waals surface area contributed by atoms with Gasteiger partial charge < -0.3 is 9.47 Å². The number of benzene rings is 1. The van der Waals surface area contributed by atoms with E-state index in [-0.39, 0.29) is 0 Å². The van der Waals surface area contributed by atoms with Crippen molar-refractivity contribution in [2.45, 2.75) is 33.4 Å². The molecule has 1 aromatic carbocycles. The minimum absolute atomic E-state index is 0.353. The lowest BCUT2D eigenvalue weighted by atomic mass is 10.0. The summed E-state index contributed by atoms with van der Waals surface area (Å²) >= 11 is 0. The molecule has 0 bridgehead atoms. The van der Waals surface area contributed by atoms with Gasteiger partial charge in [-0.25, -0.2) is 15.0 Å². The standard InChI is InChI=1S/C20H25N5/c1-14-11-15(2)23-19(22-14)13-25-10-9-21-20(25)18-8-6-7-17(12-18)16(3)24(4)5/h6-12,16H,13H2,1-5H3/t16-/m0/s1. The fourth-order valence-corrected chi connectivity index (χ4v) is 2.95. The van der Waals surface area contributed by atoms with Gasteiger partial charge in [0.05, 0.1) is 6.54 Å². The minimum Gasteiger partial charge on any atom is -0.323 e. The van der Waals surface area contributed by atoms with Crippen molar-refractivity contribution in [3.05, 3.63) is 65.5 Å². The highest BCUT2D eigenvalue weighted by Crippen LogP contribution is 2.24. The van der Waals surface area contributed by atoms with E-state index < -0.39 is 0 Å². The first kappa shape index (κ1) is 17.3.